The molecule has 0 unspecified atom stereocenters. The molecule has 4 nitrogen and oxygen atoms in total. The third-order valence-electron chi connectivity index (χ3n) is 3.66. The number of para-hydroxylation sites is 2. The van der Waals surface area contributed by atoms with Crippen molar-refractivity contribution in [2.24, 2.45) is 0 Å². The van der Waals surface area contributed by atoms with E-state index in [1.54, 1.807) is 6.92 Å². The van der Waals surface area contributed by atoms with E-state index in [0.717, 1.165) is 16.6 Å². The van der Waals surface area contributed by atoms with Crippen LogP contribution in [0.1, 0.15) is 24.2 Å². The highest BCUT2D eigenvalue weighted by Crippen LogP contribution is 2.24. The van der Waals surface area contributed by atoms with E-state index in [1.807, 2.05) is 48.5 Å². The molecule has 0 bridgehead atoms. The summed E-state index contributed by atoms with van der Waals surface area (Å²) in [6.45, 7) is 2.14. The molecule has 23 heavy (non-hydrogen) atoms. The molecule has 0 radical (unpaired) electrons. The van der Waals surface area contributed by atoms with Crippen molar-refractivity contribution in [1.29, 1.82) is 0 Å². The molecule has 0 aliphatic heterocycles. The predicted molar refractivity (Wildman–Crippen MR) is 90.6 cm³/mol. The molecular formula is C18H17ClN2O2. The van der Waals surface area contributed by atoms with Gasteiger partial charge in [0.25, 0.3) is 0 Å². The maximum Gasteiger partial charge on any atom is 0.316 e. The molecular weight excluding hydrogens is 312 g/mol. The summed E-state index contributed by atoms with van der Waals surface area (Å²) in [6.07, 6.45) is 0.510. The Labute approximate surface area is 139 Å². The number of rotatable bonds is 5. The fourth-order valence-corrected chi connectivity index (χ4v) is 2.65. The highest BCUT2D eigenvalue weighted by molar-refractivity contribution is 6.30. The number of aromatic amines is 1. The Morgan fingerprint density at radius 2 is 1.96 bits per heavy atom. The van der Waals surface area contributed by atoms with Crippen molar-refractivity contribution in [1.82, 2.24) is 9.97 Å². The van der Waals surface area contributed by atoms with Gasteiger partial charge in [0.15, 0.2) is 0 Å². The Bertz CT molecular complexity index is 778. The third kappa shape index (κ3) is 3.54. The summed E-state index contributed by atoms with van der Waals surface area (Å²) in [5.41, 5.74) is 2.76. The summed E-state index contributed by atoms with van der Waals surface area (Å²) in [7, 11) is 0. The van der Waals surface area contributed by atoms with Gasteiger partial charge in [-0.15, -0.1) is 0 Å². The number of H-pyrrole nitrogens is 1. The number of nitrogens with zero attached hydrogens (tertiary/aromatic N) is 1. The number of imidazole rings is 1. The lowest BCUT2D eigenvalue weighted by molar-refractivity contribution is -0.145. The first-order valence-electron chi connectivity index (χ1n) is 7.53. The van der Waals surface area contributed by atoms with Crippen LogP contribution in [-0.4, -0.2) is 22.5 Å². The molecule has 5 heteroatoms. The van der Waals surface area contributed by atoms with E-state index in [2.05, 4.69) is 9.97 Å². The molecule has 0 amide bonds. The predicted octanol–water partition coefficient (Wildman–Crippen LogP) is 4.11. The number of benzene rings is 2. The molecule has 2 aromatic carbocycles. The first kappa shape index (κ1) is 15.6. The zero-order valence-electron chi connectivity index (χ0n) is 12.8. The molecule has 3 rings (SSSR count). The van der Waals surface area contributed by atoms with E-state index in [9.17, 15) is 4.79 Å². The van der Waals surface area contributed by atoms with E-state index in [-0.39, 0.29) is 5.97 Å². The zero-order valence-corrected chi connectivity index (χ0v) is 13.5. The van der Waals surface area contributed by atoms with Crippen molar-refractivity contribution in [2.75, 3.05) is 6.61 Å². The SMILES string of the molecule is CCOC(=O)[C@@H](Cc1ccc(Cl)cc1)c1nc2ccccc2[nH]1. The fraction of sp³-hybridized carbons (Fsp3) is 0.222. The minimum atomic E-state index is -0.469. The van der Waals surface area contributed by atoms with Crippen LogP contribution in [0.15, 0.2) is 48.5 Å². The normalized spacial score (nSPS) is 12.3. The fourth-order valence-electron chi connectivity index (χ4n) is 2.53. The summed E-state index contributed by atoms with van der Waals surface area (Å²) >= 11 is 5.92. The number of nitrogens with one attached hydrogen (secondary N) is 1. The van der Waals surface area contributed by atoms with Gasteiger partial charge in [-0.2, -0.15) is 0 Å². The second-order valence-electron chi connectivity index (χ2n) is 5.27. The number of halogens is 1. The molecule has 0 spiro atoms. The molecule has 0 aliphatic rings. The van der Waals surface area contributed by atoms with Gasteiger partial charge in [-0.05, 0) is 43.2 Å². The molecule has 0 saturated carbocycles. The molecule has 0 aliphatic carbocycles. The Morgan fingerprint density at radius 3 is 2.65 bits per heavy atom. The van der Waals surface area contributed by atoms with Crippen LogP contribution in [0.25, 0.3) is 11.0 Å². The van der Waals surface area contributed by atoms with Crippen molar-refractivity contribution in [3.8, 4) is 0 Å². The first-order chi connectivity index (χ1) is 11.2. The van der Waals surface area contributed by atoms with Gasteiger partial charge in [-0.1, -0.05) is 35.9 Å². The Hall–Kier alpha value is -2.33. The number of aromatic nitrogens is 2. The summed E-state index contributed by atoms with van der Waals surface area (Å²) in [5.74, 6) is -0.121. The second kappa shape index (κ2) is 6.84. The highest BCUT2D eigenvalue weighted by atomic mass is 35.5. The van der Waals surface area contributed by atoms with Gasteiger partial charge < -0.3 is 9.72 Å². The van der Waals surface area contributed by atoms with Crippen LogP contribution in [0.5, 0.6) is 0 Å². The number of carbonyl (C=O) groups is 1. The van der Waals surface area contributed by atoms with Crippen molar-refractivity contribution in [3.05, 3.63) is 64.9 Å². The summed E-state index contributed by atoms with van der Waals surface area (Å²) in [5, 5.41) is 0.671. The Balaban J connectivity index is 1.94. The smallest absolute Gasteiger partial charge is 0.316 e. The Morgan fingerprint density at radius 1 is 1.22 bits per heavy atom. The zero-order chi connectivity index (χ0) is 16.2. The van der Waals surface area contributed by atoms with Crippen molar-refractivity contribution >= 4 is 28.6 Å². The van der Waals surface area contributed by atoms with Gasteiger partial charge in [0.2, 0.25) is 0 Å². The van der Waals surface area contributed by atoms with Crippen LogP contribution in [0.3, 0.4) is 0 Å². The summed E-state index contributed by atoms with van der Waals surface area (Å²) in [4.78, 5) is 20.2. The number of hydrogen-bond acceptors (Lipinski definition) is 3. The Kier molecular flexibility index (Phi) is 4.63. The maximum absolute atomic E-state index is 12.4. The molecule has 3 aromatic rings. The number of esters is 1. The van der Waals surface area contributed by atoms with Gasteiger partial charge in [0, 0.05) is 5.02 Å². The monoisotopic (exact) mass is 328 g/mol. The van der Waals surface area contributed by atoms with Crippen LogP contribution in [0.4, 0.5) is 0 Å². The number of fused-ring (bicyclic) bond motifs is 1. The van der Waals surface area contributed by atoms with Gasteiger partial charge in [0.1, 0.15) is 11.7 Å². The van der Waals surface area contributed by atoms with Crippen molar-refractivity contribution in [2.45, 2.75) is 19.3 Å². The molecule has 118 valence electrons. The standard InChI is InChI=1S/C18H17ClN2O2/c1-2-23-18(22)14(11-12-7-9-13(19)10-8-12)17-20-15-5-3-4-6-16(15)21-17/h3-10,14H,2,11H2,1H3,(H,20,21)/t14-/m0/s1. The van der Waals surface area contributed by atoms with Crippen LogP contribution in [0.2, 0.25) is 5.02 Å². The summed E-state index contributed by atoms with van der Waals surface area (Å²) in [6, 6.07) is 15.2. The van der Waals surface area contributed by atoms with Gasteiger partial charge >= 0.3 is 5.97 Å². The van der Waals surface area contributed by atoms with Gasteiger partial charge in [0.05, 0.1) is 17.6 Å². The molecule has 1 N–H and O–H groups in total. The van der Waals surface area contributed by atoms with Crippen LogP contribution in [-0.2, 0) is 16.0 Å². The topological polar surface area (TPSA) is 55.0 Å². The molecule has 1 aromatic heterocycles. The number of hydrogen-bond donors (Lipinski definition) is 1. The average Bonchev–Trinajstić information content (AvgIpc) is 2.98. The maximum atomic E-state index is 12.4. The van der Waals surface area contributed by atoms with Crippen molar-refractivity contribution < 1.29 is 9.53 Å². The third-order valence-corrected chi connectivity index (χ3v) is 3.91. The molecule has 1 atom stereocenters. The van der Waals surface area contributed by atoms with Crippen LogP contribution >= 0.6 is 11.6 Å². The quantitative estimate of drug-likeness (QED) is 0.717. The van der Waals surface area contributed by atoms with Crippen molar-refractivity contribution in [3.63, 3.8) is 0 Å². The molecule has 1 heterocycles. The minimum absolute atomic E-state index is 0.276. The number of ether oxygens (including phenoxy) is 1. The number of carbonyl (C=O) groups excluding carboxylic acids is 1. The van der Waals surface area contributed by atoms with Crippen LogP contribution < -0.4 is 0 Å². The van der Waals surface area contributed by atoms with Gasteiger partial charge in [-0.3, -0.25) is 4.79 Å². The lowest BCUT2D eigenvalue weighted by Gasteiger charge is -2.13. The van der Waals surface area contributed by atoms with E-state index < -0.39 is 5.92 Å². The van der Waals surface area contributed by atoms with E-state index in [4.69, 9.17) is 16.3 Å². The van der Waals surface area contributed by atoms with Gasteiger partial charge in [-0.25, -0.2) is 4.98 Å². The lowest BCUT2D eigenvalue weighted by atomic mass is 9.99. The van der Waals surface area contributed by atoms with E-state index in [0.29, 0.717) is 23.9 Å². The molecule has 0 fully saturated rings. The van der Waals surface area contributed by atoms with E-state index in [1.165, 1.54) is 0 Å². The second-order valence-corrected chi connectivity index (χ2v) is 5.71. The average molecular weight is 329 g/mol. The minimum Gasteiger partial charge on any atom is -0.465 e. The lowest BCUT2D eigenvalue weighted by Crippen LogP contribution is -2.19. The van der Waals surface area contributed by atoms with E-state index >= 15 is 0 Å². The van der Waals surface area contributed by atoms with Crippen LogP contribution in [0, 0.1) is 0 Å². The highest BCUT2D eigenvalue weighted by Gasteiger charge is 2.25. The first-order valence-corrected chi connectivity index (χ1v) is 7.91. The summed E-state index contributed by atoms with van der Waals surface area (Å²) < 4.78 is 5.23. The molecule has 0 saturated heterocycles. The largest absolute Gasteiger partial charge is 0.465 e.